The smallest absolute Gasteiger partial charge is 0.201 e. The summed E-state index contributed by atoms with van der Waals surface area (Å²) in [5.41, 5.74) is 6.65. The first-order chi connectivity index (χ1) is 9.06. The van der Waals surface area contributed by atoms with Crippen molar-refractivity contribution < 1.29 is 8.78 Å². The third kappa shape index (κ3) is 1.79. The van der Waals surface area contributed by atoms with Crippen molar-refractivity contribution >= 4 is 17.0 Å². The van der Waals surface area contributed by atoms with Crippen LogP contribution in [-0.4, -0.2) is 9.55 Å². The first-order valence-corrected chi connectivity index (χ1v) is 6.66. The van der Waals surface area contributed by atoms with E-state index in [1.807, 2.05) is 0 Å². The van der Waals surface area contributed by atoms with Gasteiger partial charge in [-0.1, -0.05) is 13.3 Å². The highest BCUT2D eigenvalue weighted by molar-refractivity contribution is 5.79. The third-order valence-electron chi connectivity index (χ3n) is 4.49. The van der Waals surface area contributed by atoms with Crippen LogP contribution < -0.4 is 5.73 Å². The average Bonchev–Trinajstić information content (AvgIpc) is 2.66. The number of rotatable bonds is 3. The number of hydrogen-bond acceptors (Lipinski definition) is 2. The fourth-order valence-electron chi connectivity index (χ4n) is 2.97. The van der Waals surface area contributed by atoms with Gasteiger partial charge in [0.1, 0.15) is 5.52 Å². The van der Waals surface area contributed by atoms with Crippen LogP contribution in [0.2, 0.25) is 0 Å². The van der Waals surface area contributed by atoms with Crippen LogP contribution in [0.3, 0.4) is 0 Å². The lowest BCUT2D eigenvalue weighted by atomic mass is 9.67. The van der Waals surface area contributed by atoms with Crippen molar-refractivity contribution in [2.24, 2.45) is 5.41 Å². The molecular weight excluding hydrogens is 248 g/mol. The molecule has 1 heterocycles. The van der Waals surface area contributed by atoms with Crippen LogP contribution in [0.15, 0.2) is 12.1 Å². The summed E-state index contributed by atoms with van der Waals surface area (Å²) in [6.45, 7) is 2.75. The molecule has 0 unspecified atom stereocenters. The molecule has 0 bridgehead atoms. The monoisotopic (exact) mass is 265 g/mol. The van der Waals surface area contributed by atoms with Gasteiger partial charge in [0.2, 0.25) is 5.95 Å². The molecule has 2 N–H and O–H groups in total. The highest BCUT2D eigenvalue weighted by atomic mass is 19.2. The Morgan fingerprint density at radius 1 is 1.37 bits per heavy atom. The van der Waals surface area contributed by atoms with Crippen LogP contribution in [-0.2, 0) is 6.54 Å². The van der Waals surface area contributed by atoms with Gasteiger partial charge in [-0.25, -0.2) is 13.8 Å². The molecule has 0 atom stereocenters. The number of imidazole rings is 1. The molecule has 1 aliphatic rings. The van der Waals surface area contributed by atoms with E-state index in [2.05, 4.69) is 11.9 Å². The number of nitrogens with two attached hydrogens (primary N) is 1. The minimum absolute atomic E-state index is 0.167. The maximum absolute atomic E-state index is 14.0. The number of nitrogens with zero attached hydrogens (tertiary/aromatic N) is 2. The number of nitrogen functional groups attached to an aromatic ring is 1. The van der Waals surface area contributed by atoms with Crippen molar-refractivity contribution in [2.75, 3.05) is 5.73 Å². The van der Waals surface area contributed by atoms with Gasteiger partial charge in [-0.2, -0.15) is 0 Å². The highest BCUT2D eigenvalue weighted by Crippen LogP contribution is 2.46. The van der Waals surface area contributed by atoms with Crippen LogP contribution in [0.4, 0.5) is 14.7 Å². The van der Waals surface area contributed by atoms with E-state index in [9.17, 15) is 8.78 Å². The van der Waals surface area contributed by atoms with Gasteiger partial charge in [0.15, 0.2) is 11.6 Å². The molecule has 1 aromatic carbocycles. The lowest BCUT2D eigenvalue weighted by Crippen LogP contribution is -2.33. The predicted molar refractivity (Wildman–Crippen MR) is 70.6 cm³/mol. The van der Waals surface area contributed by atoms with Gasteiger partial charge in [-0.3, -0.25) is 0 Å². The molecule has 0 amide bonds. The largest absolute Gasteiger partial charge is 0.369 e. The second-order valence-electron chi connectivity index (χ2n) is 5.49. The van der Waals surface area contributed by atoms with Crippen LogP contribution in [0.1, 0.15) is 32.6 Å². The average molecular weight is 265 g/mol. The topological polar surface area (TPSA) is 43.8 Å². The number of benzene rings is 1. The van der Waals surface area contributed by atoms with E-state index in [-0.39, 0.29) is 16.9 Å². The molecule has 1 saturated carbocycles. The molecule has 0 spiro atoms. The Hall–Kier alpha value is -1.65. The predicted octanol–water partition coefficient (Wildman–Crippen LogP) is 3.48. The van der Waals surface area contributed by atoms with Crippen LogP contribution in [0.5, 0.6) is 0 Å². The highest BCUT2D eigenvalue weighted by Gasteiger charge is 2.36. The number of halogens is 2. The maximum atomic E-state index is 14.0. The fraction of sp³-hybridized carbons (Fsp3) is 0.500. The van der Waals surface area contributed by atoms with Gasteiger partial charge in [-0.15, -0.1) is 0 Å². The Labute approximate surface area is 110 Å². The molecule has 3 nitrogen and oxygen atoms in total. The summed E-state index contributed by atoms with van der Waals surface area (Å²) < 4.78 is 29.0. The van der Waals surface area contributed by atoms with E-state index in [1.54, 1.807) is 4.57 Å². The Morgan fingerprint density at radius 3 is 2.68 bits per heavy atom. The van der Waals surface area contributed by atoms with Gasteiger partial charge in [0.25, 0.3) is 0 Å². The van der Waals surface area contributed by atoms with Crippen LogP contribution in [0.25, 0.3) is 11.0 Å². The molecule has 2 aromatic rings. The van der Waals surface area contributed by atoms with Gasteiger partial charge in [-0.05, 0) is 36.8 Å². The Bertz CT molecular complexity index is 624. The van der Waals surface area contributed by atoms with Crippen molar-refractivity contribution in [3.63, 3.8) is 0 Å². The normalized spacial score (nSPS) is 17.6. The van der Waals surface area contributed by atoms with Crippen molar-refractivity contribution in [1.29, 1.82) is 0 Å². The SMILES string of the molecule is CCC1(Cn2c(N)nc3ccc(F)c(F)c32)CCC1. The van der Waals surface area contributed by atoms with Crippen molar-refractivity contribution in [3.8, 4) is 0 Å². The standard InChI is InChI=1S/C14H17F2N3/c1-2-14(6-3-7-14)8-19-12-10(18-13(19)17)5-4-9(15)11(12)16/h4-5H,2-3,6-8H2,1H3,(H2,17,18). The fourth-order valence-corrected chi connectivity index (χ4v) is 2.97. The first-order valence-electron chi connectivity index (χ1n) is 6.66. The molecule has 3 rings (SSSR count). The van der Waals surface area contributed by atoms with Gasteiger partial charge in [0.05, 0.1) is 5.52 Å². The molecule has 1 aromatic heterocycles. The van der Waals surface area contributed by atoms with E-state index in [1.165, 1.54) is 12.5 Å². The summed E-state index contributed by atoms with van der Waals surface area (Å²) in [7, 11) is 0. The molecule has 5 heteroatoms. The number of fused-ring (bicyclic) bond motifs is 1. The van der Waals surface area contributed by atoms with Crippen molar-refractivity contribution in [3.05, 3.63) is 23.8 Å². The molecule has 0 saturated heterocycles. The zero-order chi connectivity index (χ0) is 13.6. The lowest BCUT2D eigenvalue weighted by molar-refractivity contribution is 0.103. The van der Waals surface area contributed by atoms with E-state index >= 15 is 0 Å². The minimum atomic E-state index is -0.854. The summed E-state index contributed by atoms with van der Waals surface area (Å²) in [5, 5.41) is 0. The molecule has 1 fully saturated rings. The Kier molecular flexibility index (Phi) is 2.73. The third-order valence-corrected chi connectivity index (χ3v) is 4.49. The van der Waals surface area contributed by atoms with Crippen LogP contribution >= 0.6 is 0 Å². The number of anilines is 1. The second kappa shape index (κ2) is 4.18. The van der Waals surface area contributed by atoms with Gasteiger partial charge in [0, 0.05) is 6.54 Å². The van der Waals surface area contributed by atoms with Gasteiger partial charge < -0.3 is 10.3 Å². The molecule has 1 aliphatic carbocycles. The number of aromatic nitrogens is 2. The summed E-state index contributed by atoms with van der Waals surface area (Å²) in [4.78, 5) is 4.13. The van der Waals surface area contributed by atoms with Crippen molar-refractivity contribution in [1.82, 2.24) is 9.55 Å². The van der Waals surface area contributed by atoms with E-state index in [0.29, 0.717) is 12.1 Å². The maximum Gasteiger partial charge on any atom is 0.201 e. The molecule has 0 aliphatic heterocycles. The number of hydrogen-bond donors (Lipinski definition) is 1. The summed E-state index contributed by atoms with van der Waals surface area (Å²) in [6, 6.07) is 2.56. The molecule has 0 radical (unpaired) electrons. The summed E-state index contributed by atoms with van der Waals surface area (Å²) in [6.07, 6.45) is 4.43. The van der Waals surface area contributed by atoms with Crippen LogP contribution in [0, 0.1) is 17.0 Å². The summed E-state index contributed by atoms with van der Waals surface area (Å²) in [5.74, 6) is -1.45. The zero-order valence-corrected chi connectivity index (χ0v) is 10.9. The second-order valence-corrected chi connectivity index (χ2v) is 5.49. The first kappa shape index (κ1) is 12.4. The van der Waals surface area contributed by atoms with E-state index in [0.717, 1.165) is 25.3 Å². The van der Waals surface area contributed by atoms with Gasteiger partial charge >= 0.3 is 0 Å². The Balaban J connectivity index is 2.12. The van der Waals surface area contributed by atoms with E-state index in [4.69, 9.17) is 5.73 Å². The lowest BCUT2D eigenvalue weighted by Gasteiger charge is -2.41. The molecule has 19 heavy (non-hydrogen) atoms. The quantitative estimate of drug-likeness (QED) is 0.923. The molecular formula is C14H17F2N3. The Morgan fingerprint density at radius 2 is 2.11 bits per heavy atom. The minimum Gasteiger partial charge on any atom is -0.369 e. The van der Waals surface area contributed by atoms with E-state index < -0.39 is 11.6 Å². The van der Waals surface area contributed by atoms with Crippen molar-refractivity contribution in [2.45, 2.75) is 39.2 Å². The summed E-state index contributed by atoms with van der Waals surface area (Å²) >= 11 is 0. The zero-order valence-electron chi connectivity index (χ0n) is 10.9. The molecule has 102 valence electrons.